The summed E-state index contributed by atoms with van der Waals surface area (Å²) in [5.41, 5.74) is 7.00. The summed E-state index contributed by atoms with van der Waals surface area (Å²) in [6.07, 6.45) is 4.82. The second-order valence-electron chi connectivity index (χ2n) is 5.45. The number of hydrogen-bond donors (Lipinski definition) is 1. The van der Waals surface area contributed by atoms with Crippen molar-refractivity contribution in [2.75, 3.05) is 24.6 Å². The van der Waals surface area contributed by atoms with Crippen LogP contribution in [0, 0.1) is 0 Å². The first-order valence-corrected chi connectivity index (χ1v) is 8.88. The summed E-state index contributed by atoms with van der Waals surface area (Å²) in [6, 6.07) is 3.99. The molecule has 6 heteroatoms. The minimum atomic E-state index is -2.87. The molecular weight excluding hydrogens is 274 g/mol. The zero-order chi connectivity index (χ0) is 14.6. The summed E-state index contributed by atoms with van der Waals surface area (Å²) < 4.78 is 23.3. The van der Waals surface area contributed by atoms with Crippen LogP contribution in [-0.2, 0) is 16.4 Å². The van der Waals surface area contributed by atoms with Crippen LogP contribution >= 0.6 is 0 Å². The molecule has 0 radical (unpaired) electrons. The zero-order valence-electron chi connectivity index (χ0n) is 12.0. The Morgan fingerprint density at radius 1 is 1.30 bits per heavy atom. The number of rotatable bonds is 5. The lowest BCUT2D eigenvalue weighted by Gasteiger charge is -2.45. The molecule has 2 N–H and O–H groups in total. The molecule has 112 valence electrons. The van der Waals surface area contributed by atoms with E-state index in [1.165, 1.54) is 5.56 Å². The Morgan fingerprint density at radius 2 is 1.90 bits per heavy atom. The van der Waals surface area contributed by atoms with Crippen LogP contribution in [0.5, 0.6) is 0 Å². The number of hydrogen-bond acceptors (Lipinski definition) is 5. The van der Waals surface area contributed by atoms with Gasteiger partial charge in [-0.15, -0.1) is 0 Å². The molecule has 1 aromatic heterocycles. The van der Waals surface area contributed by atoms with Gasteiger partial charge in [0.2, 0.25) is 0 Å². The minimum Gasteiger partial charge on any atom is -0.329 e. The molecule has 1 fully saturated rings. The van der Waals surface area contributed by atoms with Gasteiger partial charge in [-0.25, -0.2) is 8.42 Å². The van der Waals surface area contributed by atoms with Gasteiger partial charge in [0.15, 0.2) is 0 Å². The molecule has 0 spiro atoms. The van der Waals surface area contributed by atoms with Crippen LogP contribution in [0.1, 0.15) is 25.3 Å². The van der Waals surface area contributed by atoms with Crippen molar-refractivity contribution in [3.05, 3.63) is 30.1 Å². The molecule has 0 unspecified atom stereocenters. The van der Waals surface area contributed by atoms with Crippen molar-refractivity contribution < 1.29 is 8.42 Å². The van der Waals surface area contributed by atoms with Crippen molar-refractivity contribution in [2.24, 2.45) is 5.73 Å². The highest BCUT2D eigenvalue weighted by Gasteiger charge is 2.40. The predicted molar refractivity (Wildman–Crippen MR) is 80.0 cm³/mol. The van der Waals surface area contributed by atoms with Crippen molar-refractivity contribution in [3.63, 3.8) is 0 Å². The van der Waals surface area contributed by atoms with E-state index < -0.39 is 9.84 Å². The molecule has 1 aromatic rings. The van der Waals surface area contributed by atoms with Crippen molar-refractivity contribution in [1.29, 1.82) is 0 Å². The van der Waals surface area contributed by atoms with Gasteiger partial charge >= 0.3 is 0 Å². The van der Waals surface area contributed by atoms with E-state index in [1.807, 2.05) is 12.1 Å². The smallest absolute Gasteiger partial charge is 0.150 e. The maximum absolute atomic E-state index is 11.7. The van der Waals surface area contributed by atoms with E-state index in [-0.39, 0.29) is 17.0 Å². The van der Waals surface area contributed by atoms with Crippen LogP contribution in [-0.4, -0.2) is 48.4 Å². The van der Waals surface area contributed by atoms with Gasteiger partial charge in [0.25, 0.3) is 0 Å². The average molecular weight is 297 g/mol. The summed E-state index contributed by atoms with van der Waals surface area (Å²) in [5, 5.41) is 0. The standard InChI is InChI=1S/C14H23N3O2S/c1-2-17(11-13-3-7-16-8-4-13)14(12-15)5-9-20(18,19)10-6-14/h3-4,7-8H,2,5-6,9-12,15H2,1H3. The monoisotopic (exact) mass is 297 g/mol. The average Bonchev–Trinajstić information content (AvgIpc) is 2.47. The minimum absolute atomic E-state index is 0.191. The Morgan fingerprint density at radius 3 is 2.40 bits per heavy atom. The molecule has 2 heterocycles. The number of nitrogens with zero attached hydrogens (tertiary/aromatic N) is 2. The van der Waals surface area contributed by atoms with Gasteiger partial charge in [0.1, 0.15) is 9.84 Å². The largest absolute Gasteiger partial charge is 0.329 e. The molecular formula is C14H23N3O2S. The first-order valence-electron chi connectivity index (χ1n) is 7.06. The molecule has 0 bridgehead atoms. The normalized spacial score (nSPS) is 20.9. The fraction of sp³-hybridized carbons (Fsp3) is 0.643. The molecule has 1 saturated heterocycles. The van der Waals surface area contributed by atoms with Gasteiger partial charge in [-0.1, -0.05) is 6.92 Å². The fourth-order valence-corrected chi connectivity index (χ4v) is 4.48. The SMILES string of the molecule is CCN(Cc1ccncc1)C1(CN)CCS(=O)(=O)CC1. The van der Waals surface area contributed by atoms with E-state index in [0.29, 0.717) is 19.4 Å². The summed E-state index contributed by atoms with van der Waals surface area (Å²) in [6.45, 7) is 4.25. The van der Waals surface area contributed by atoms with Crippen LogP contribution in [0.25, 0.3) is 0 Å². The highest BCUT2D eigenvalue weighted by molar-refractivity contribution is 7.91. The van der Waals surface area contributed by atoms with Crippen LogP contribution in [0.15, 0.2) is 24.5 Å². The lowest BCUT2D eigenvalue weighted by molar-refractivity contribution is 0.0807. The van der Waals surface area contributed by atoms with Crippen molar-refractivity contribution >= 4 is 9.84 Å². The van der Waals surface area contributed by atoms with Crippen LogP contribution in [0.4, 0.5) is 0 Å². The Kier molecular flexibility index (Phi) is 4.78. The first-order chi connectivity index (χ1) is 9.51. The van der Waals surface area contributed by atoms with Crippen molar-refractivity contribution in [2.45, 2.75) is 31.8 Å². The van der Waals surface area contributed by atoms with Crippen molar-refractivity contribution in [1.82, 2.24) is 9.88 Å². The molecule has 0 amide bonds. The summed E-state index contributed by atoms with van der Waals surface area (Å²) >= 11 is 0. The van der Waals surface area contributed by atoms with E-state index in [2.05, 4.69) is 16.8 Å². The highest BCUT2D eigenvalue weighted by atomic mass is 32.2. The molecule has 1 aliphatic rings. The summed E-state index contributed by atoms with van der Waals surface area (Å²) in [5.74, 6) is 0.494. The maximum Gasteiger partial charge on any atom is 0.150 e. The van der Waals surface area contributed by atoms with E-state index in [9.17, 15) is 8.42 Å². The Bertz CT molecular complexity index is 517. The lowest BCUT2D eigenvalue weighted by Crippen LogP contribution is -2.57. The highest BCUT2D eigenvalue weighted by Crippen LogP contribution is 2.30. The van der Waals surface area contributed by atoms with E-state index in [4.69, 9.17) is 5.73 Å². The topological polar surface area (TPSA) is 76.3 Å². The molecule has 0 aliphatic carbocycles. The molecule has 0 saturated carbocycles. The lowest BCUT2D eigenvalue weighted by atomic mass is 9.89. The Labute approximate surface area is 121 Å². The molecule has 20 heavy (non-hydrogen) atoms. The Hall–Kier alpha value is -0.980. The van der Waals surface area contributed by atoms with Gasteiger partial charge in [0.05, 0.1) is 11.5 Å². The number of likely N-dealkylation sites (N-methyl/N-ethyl adjacent to an activating group) is 1. The third-order valence-electron chi connectivity index (χ3n) is 4.31. The molecule has 2 rings (SSSR count). The third-order valence-corrected chi connectivity index (χ3v) is 5.96. The predicted octanol–water partition coefficient (Wildman–Crippen LogP) is 0.810. The third kappa shape index (κ3) is 3.37. The quantitative estimate of drug-likeness (QED) is 0.870. The molecule has 5 nitrogen and oxygen atoms in total. The summed E-state index contributed by atoms with van der Waals surface area (Å²) in [4.78, 5) is 6.34. The second-order valence-corrected chi connectivity index (χ2v) is 7.75. The van der Waals surface area contributed by atoms with E-state index in [0.717, 1.165) is 13.1 Å². The number of pyridine rings is 1. The number of sulfone groups is 1. The van der Waals surface area contributed by atoms with Gasteiger partial charge in [0, 0.05) is 31.0 Å². The van der Waals surface area contributed by atoms with Crippen LogP contribution < -0.4 is 5.73 Å². The Balaban J connectivity index is 2.16. The van der Waals surface area contributed by atoms with Gasteiger partial charge in [-0.2, -0.15) is 0 Å². The number of nitrogens with two attached hydrogens (primary N) is 1. The first kappa shape index (κ1) is 15.4. The van der Waals surface area contributed by atoms with Crippen LogP contribution in [0.3, 0.4) is 0 Å². The van der Waals surface area contributed by atoms with E-state index in [1.54, 1.807) is 12.4 Å². The number of aromatic nitrogens is 1. The molecule has 1 aliphatic heterocycles. The van der Waals surface area contributed by atoms with Crippen LogP contribution in [0.2, 0.25) is 0 Å². The van der Waals surface area contributed by atoms with Gasteiger partial charge in [-0.05, 0) is 37.1 Å². The van der Waals surface area contributed by atoms with Crippen molar-refractivity contribution in [3.8, 4) is 0 Å². The van der Waals surface area contributed by atoms with E-state index >= 15 is 0 Å². The summed E-state index contributed by atoms with van der Waals surface area (Å²) in [7, 11) is -2.87. The fourth-order valence-electron chi connectivity index (χ4n) is 2.89. The zero-order valence-corrected chi connectivity index (χ0v) is 12.8. The molecule has 0 aromatic carbocycles. The van der Waals surface area contributed by atoms with Gasteiger partial charge in [-0.3, -0.25) is 9.88 Å². The maximum atomic E-state index is 11.7. The molecule has 0 atom stereocenters. The van der Waals surface area contributed by atoms with Gasteiger partial charge < -0.3 is 5.73 Å². The second kappa shape index (κ2) is 6.20.